The van der Waals surface area contributed by atoms with Crippen LogP contribution in [0.2, 0.25) is 0 Å². The molecule has 0 aliphatic carbocycles. The summed E-state index contributed by atoms with van der Waals surface area (Å²) in [6, 6.07) is 0. The van der Waals surface area contributed by atoms with Gasteiger partial charge in [-0.25, -0.2) is 0 Å². The molecular formula is C9H18N4S. The molecule has 0 aliphatic heterocycles. The first-order valence-electron chi connectivity index (χ1n) is 5.00. The molecule has 0 radical (unpaired) electrons. The van der Waals surface area contributed by atoms with Gasteiger partial charge >= 0.3 is 0 Å². The van der Waals surface area contributed by atoms with Crippen molar-refractivity contribution in [1.29, 1.82) is 0 Å². The van der Waals surface area contributed by atoms with E-state index in [9.17, 15) is 0 Å². The monoisotopic (exact) mass is 214 g/mol. The topological polar surface area (TPSA) is 56.7 Å². The number of hydrogen-bond acceptors (Lipinski definition) is 4. The first-order valence-corrected chi connectivity index (χ1v) is 5.99. The Labute approximate surface area is 89.3 Å². The Bertz CT molecular complexity index is 272. The van der Waals surface area contributed by atoms with Gasteiger partial charge in [0.25, 0.3) is 0 Å². The number of nitrogens with two attached hydrogens (primary N) is 1. The molecule has 0 aliphatic rings. The molecule has 1 heterocycles. The summed E-state index contributed by atoms with van der Waals surface area (Å²) in [4.78, 5) is 0. The molecule has 80 valence electrons. The Morgan fingerprint density at radius 2 is 2.14 bits per heavy atom. The van der Waals surface area contributed by atoms with E-state index < -0.39 is 0 Å². The third-order valence-electron chi connectivity index (χ3n) is 2.09. The summed E-state index contributed by atoms with van der Waals surface area (Å²) in [7, 11) is 1.96. The molecule has 0 unspecified atom stereocenters. The van der Waals surface area contributed by atoms with E-state index in [-0.39, 0.29) is 0 Å². The van der Waals surface area contributed by atoms with E-state index in [0.29, 0.717) is 6.54 Å². The summed E-state index contributed by atoms with van der Waals surface area (Å²) in [5.74, 6) is 1.97. The van der Waals surface area contributed by atoms with Gasteiger partial charge in [-0.1, -0.05) is 31.5 Å². The first-order chi connectivity index (χ1) is 6.79. The maximum absolute atomic E-state index is 5.51. The Hall–Kier alpha value is -0.550. The first kappa shape index (κ1) is 11.5. The van der Waals surface area contributed by atoms with E-state index in [1.165, 1.54) is 19.3 Å². The van der Waals surface area contributed by atoms with Gasteiger partial charge in [0.1, 0.15) is 5.82 Å². The highest BCUT2D eigenvalue weighted by atomic mass is 32.2. The van der Waals surface area contributed by atoms with Gasteiger partial charge in [0.2, 0.25) is 0 Å². The van der Waals surface area contributed by atoms with E-state index in [2.05, 4.69) is 17.1 Å². The fourth-order valence-electron chi connectivity index (χ4n) is 1.16. The SMILES string of the molecule is CCCCCSc1nnc(CN)n1C. The maximum atomic E-state index is 5.51. The normalized spacial score (nSPS) is 10.8. The van der Waals surface area contributed by atoms with Gasteiger partial charge in [-0.3, -0.25) is 0 Å². The summed E-state index contributed by atoms with van der Waals surface area (Å²) in [5.41, 5.74) is 5.51. The number of hydrogen-bond donors (Lipinski definition) is 1. The number of thioether (sulfide) groups is 1. The minimum atomic E-state index is 0.457. The van der Waals surface area contributed by atoms with Gasteiger partial charge in [-0.05, 0) is 6.42 Å². The standard InChI is InChI=1S/C9H18N4S/c1-3-4-5-6-14-9-12-11-8(7-10)13(9)2/h3-7,10H2,1-2H3. The average Bonchev–Trinajstić information content (AvgIpc) is 2.55. The summed E-state index contributed by atoms with van der Waals surface area (Å²) >= 11 is 1.76. The molecule has 14 heavy (non-hydrogen) atoms. The van der Waals surface area contributed by atoms with Crippen molar-refractivity contribution in [2.75, 3.05) is 5.75 Å². The van der Waals surface area contributed by atoms with Crippen LogP contribution in [0.25, 0.3) is 0 Å². The predicted molar refractivity (Wildman–Crippen MR) is 59.1 cm³/mol. The summed E-state index contributed by atoms with van der Waals surface area (Å²) < 4.78 is 1.97. The van der Waals surface area contributed by atoms with Crippen molar-refractivity contribution in [2.24, 2.45) is 12.8 Å². The molecule has 4 nitrogen and oxygen atoms in total. The van der Waals surface area contributed by atoms with Gasteiger partial charge in [-0.2, -0.15) is 0 Å². The second-order valence-corrected chi connectivity index (χ2v) is 4.28. The zero-order valence-corrected chi connectivity index (χ0v) is 9.68. The molecule has 0 atom stereocenters. The van der Waals surface area contributed by atoms with Crippen molar-refractivity contribution in [3.63, 3.8) is 0 Å². The second-order valence-electron chi connectivity index (χ2n) is 3.22. The van der Waals surface area contributed by atoms with Crippen molar-refractivity contribution in [1.82, 2.24) is 14.8 Å². The van der Waals surface area contributed by atoms with Gasteiger partial charge in [0.05, 0.1) is 6.54 Å². The minimum absolute atomic E-state index is 0.457. The number of nitrogens with zero attached hydrogens (tertiary/aromatic N) is 3. The third kappa shape index (κ3) is 2.99. The lowest BCUT2D eigenvalue weighted by Gasteiger charge is -2.01. The van der Waals surface area contributed by atoms with Gasteiger partial charge in [-0.15, -0.1) is 10.2 Å². The van der Waals surface area contributed by atoms with Crippen LogP contribution in [0.5, 0.6) is 0 Å². The molecule has 1 aromatic rings. The zero-order valence-electron chi connectivity index (χ0n) is 8.86. The molecule has 0 spiro atoms. The molecule has 0 aromatic carbocycles. The largest absolute Gasteiger partial charge is 0.324 e. The highest BCUT2D eigenvalue weighted by Crippen LogP contribution is 2.17. The molecule has 0 bridgehead atoms. The Kier molecular flexibility index (Phi) is 4.97. The van der Waals surface area contributed by atoms with Crippen molar-refractivity contribution < 1.29 is 0 Å². The van der Waals surface area contributed by atoms with Gasteiger partial charge in [0.15, 0.2) is 5.16 Å². The molecule has 2 N–H and O–H groups in total. The second kappa shape index (κ2) is 6.03. The van der Waals surface area contributed by atoms with Crippen LogP contribution >= 0.6 is 11.8 Å². The van der Waals surface area contributed by atoms with Crippen molar-refractivity contribution in [3.8, 4) is 0 Å². The van der Waals surface area contributed by atoms with Crippen LogP contribution in [0, 0.1) is 0 Å². The van der Waals surface area contributed by atoms with Crippen molar-refractivity contribution in [2.45, 2.75) is 37.9 Å². The lowest BCUT2D eigenvalue weighted by Crippen LogP contribution is -2.05. The van der Waals surface area contributed by atoms with Crippen LogP contribution in [0.3, 0.4) is 0 Å². The summed E-state index contributed by atoms with van der Waals surface area (Å²) in [6.07, 6.45) is 3.79. The molecular weight excluding hydrogens is 196 g/mol. The molecule has 1 rings (SSSR count). The summed E-state index contributed by atoms with van der Waals surface area (Å²) in [6.45, 7) is 2.67. The Morgan fingerprint density at radius 1 is 1.36 bits per heavy atom. The fraction of sp³-hybridized carbons (Fsp3) is 0.778. The molecule has 0 saturated carbocycles. The number of rotatable bonds is 6. The highest BCUT2D eigenvalue weighted by Gasteiger charge is 2.06. The summed E-state index contributed by atoms with van der Waals surface area (Å²) in [5, 5.41) is 9.05. The Balaban J connectivity index is 2.39. The van der Waals surface area contributed by atoms with Crippen LogP contribution in [0.1, 0.15) is 32.0 Å². The zero-order chi connectivity index (χ0) is 10.4. The molecule has 5 heteroatoms. The number of aromatic nitrogens is 3. The highest BCUT2D eigenvalue weighted by molar-refractivity contribution is 7.99. The lowest BCUT2D eigenvalue weighted by atomic mass is 10.3. The van der Waals surface area contributed by atoms with Crippen molar-refractivity contribution in [3.05, 3.63) is 5.82 Å². The molecule has 0 fully saturated rings. The van der Waals surface area contributed by atoms with E-state index >= 15 is 0 Å². The quantitative estimate of drug-likeness (QED) is 0.576. The van der Waals surface area contributed by atoms with Gasteiger partial charge < -0.3 is 10.3 Å². The molecule has 1 aromatic heterocycles. The van der Waals surface area contributed by atoms with Crippen LogP contribution in [0.4, 0.5) is 0 Å². The lowest BCUT2D eigenvalue weighted by molar-refractivity contribution is 0.731. The van der Waals surface area contributed by atoms with Crippen LogP contribution in [-0.2, 0) is 13.6 Å². The number of unbranched alkanes of at least 4 members (excludes halogenated alkanes) is 2. The van der Waals surface area contributed by atoms with Crippen LogP contribution in [0.15, 0.2) is 5.16 Å². The Morgan fingerprint density at radius 3 is 2.71 bits per heavy atom. The van der Waals surface area contributed by atoms with Crippen LogP contribution < -0.4 is 5.73 Å². The molecule has 0 amide bonds. The minimum Gasteiger partial charge on any atom is -0.324 e. The third-order valence-corrected chi connectivity index (χ3v) is 3.19. The molecule has 0 saturated heterocycles. The fourth-order valence-corrected chi connectivity index (χ4v) is 2.09. The van der Waals surface area contributed by atoms with E-state index in [4.69, 9.17) is 5.73 Å². The average molecular weight is 214 g/mol. The smallest absolute Gasteiger partial charge is 0.190 e. The predicted octanol–water partition coefficient (Wildman–Crippen LogP) is 1.56. The van der Waals surface area contributed by atoms with Crippen molar-refractivity contribution >= 4 is 11.8 Å². The van der Waals surface area contributed by atoms with Gasteiger partial charge in [0, 0.05) is 12.8 Å². The van der Waals surface area contributed by atoms with E-state index in [1.807, 2.05) is 11.6 Å². The van der Waals surface area contributed by atoms with Crippen LogP contribution in [-0.4, -0.2) is 20.5 Å². The maximum Gasteiger partial charge on any atom is 0.190 e. The van der Waals surface area contributed by atoms with E-state index in [1.54, 1.807) is 11.8 Å². The van der Waals surface area contributed by atoms with E-state index in [0.717, 1.165) is 16.7 Å².